The van der Waals surface area contributed by atoms with Gasteiger partial charge in [0.1, 0.15) is 13.2 Å². The lowest BCUT2D eigenvalue weighted by atomic mass is 10.2. The number of hydrogen-bond acceptors (Lipinski definition) is 8. The van der Waals surface area contributed by atoms with Gasteiger partial charge in [0, 0.05) is 17.7 Å². The molecule has 210 valence electrons. The quantitative estimate of drug-likeness (QED) is 0.123. The van der Waals surface area contributed by atoms with E-state index in [1.165, 1.54) is 30.5 Å². The highest BCUT2D eigenvalue weighted by Crippen LogP contribution is 2.32. The molecule has 0 aliphatic rings. The van der Waals surface area contributed by atoms with Crippen molar-refractivity contribution in [3.63, 3.8) is 0 Å². The van der Waals surface area contributed by atoms with Gasteiger partial charge in [-0.3, -0.25) is 14.9 Å². The number of benzene rings is 4. The van der Waals surface area contributed by atoms with Gasteiger partial charge in [0.25, 0.3) is 11.6 Å². The van der Waals surface area contributed by atoms with Crippen LogP contribution in [0.5, 0.6) is 23.0 Å². The van der Waals surface area contributed by atoms with Gasteiger partial charge in [0.05, 0.1) is 24.9 Å². The molecular weight excluding hydrogens is 526 g/mol. The Kier molecular flexibility index (Phi) is 9.87. The average Bonchev–Trinajstić information content (AvgIpc) is 3.00. The minimum absolute atomic E-state index is 0.0974. The van der Waals surface area contributed by atoms with Crippen LogP contribution in [0.25, 0.3) is 0 Å². The van der Waals surface area contributed by atoms with Crippen LogP contribution in [0.3, 0.4) is 0 Å². The van der Waals surface area contributed by atoms with E-state index in [0.29, 0.717) is 41.8 Å². The molecule has 41 heavy (non-hydrogen) atoms. The first-order valence-electron chi connectivity index (χ1n) is 12.8. The second-order valence-corrected chi connectivity index (χ2v) is 8.69. The molecule has 0 aromatic heterocycles. The zero-order chi connectivity index (χ0) is 29.0. The zero-order valence-electron chi connectivity index (χ0n) is 22.6. The third kappa shape index (κ3) is 8.06. The number of nitro benzene ring substituents is 1. The molecule has 0 fully saturated rings. The maximum Gasteiger partial charge on any atom is 0.271 e. The lowest BCUT2D eigenvalue weighted by molar-refractivity contribution is -0.384. The second kappa shape index (κ2) is 14.1. The summed E-state index contributed by atoms with van der Waals surface area (Å²) in [5.74, 6) is 1.82. The molecule has 0 radical (unpaired) electrons. The molecule has 0 atom stereocenters. The van der Waals surface area contributed by atoms with E-state index >= 15 is 0 Å². The van der Waals surface area contributed by atoms with Crippen LogP contribution < -0.4 is 24.4 Å². The smallest absolute Gasteiger partial charge is 0.271 e. The fraction of sp³-hybridized carbons (Fsp3) is 0.161. The molecule has 10 heteroatoms. The van der Waals surface area contributed by atoms with Crippen LogP contribution in [0.15, 0.2) is 96.1 Å². The van der Waals surface area contributed by atoms with E-state index in [9.17, 15) is 14.9 Å². The number of rotatable bonds is 13. The van der Waals surface area contributed by atoms with E-state index in [4.69, 9.17) is 18.9 Å². The van der Waals surface area contributed by atoms with Crippen molar-refractivity contribution in [3.05, 3.63) is 123 Å². The van der Waals surface area contributed by atoms with Gasteiger partial charge in [-0.05, 0) is 66.1 Å². The monoisotopic (exact) mass is 555 g/mol. The van der Waals surface area contributed by atoms with E-state index in [1.54, 1.807) is 25.3 Å². The van der Waals surface area contributed by atoms with Crippen molar-refractivity contribution in [3.8, 4) is 23.0 Å². The van der Waals surface area contributed by atoms with Crippen molar-refractivity contribution in [2.75, 3.05) is 13.7 Å². The SMILES string of the molecule is CCOc1cc(/C=N/NC(=O)c2ccc([N+](=O)[O-])cc2)ccc1OCc1ccc(OCc2ccccc2)c(OC)c1. The lowest BCUT2D eigenvalue weighted by Gasteiger charge is -2.15. The van der Waals surface area contributed by atoms with Crippen LogP contribution in [0, 0.1) is 10.1 Å². The van der Waals surface area contributed by atoms with Crippen molar-refractivity contribution in [2.45, 2.75) is 20.1 Å². The number of carbonyl (C=O) groups is 1. The Hall–Kier alpha value is -5.38. The van der Waals surface area contributed by atoms with Crippen LogP contribution in [-0.2, 0) is 13.2 Å². The number of non-ortho nitro benzene ring substituents is 1. The van der Waals surface area contributed by atoms with Gasteiger partial charge in [-0.25, -0.2) is 5.43 Å². The summed E-state index contributed by atoms with van der Waals surface area (Å²) >= 11 is 0. The molecule has 0 spiro atoms. The summed E-state index contributed by atoms with van der Waals surface area (Å²) in [4.78, 5) is 22.5. The average molecular weight is 556 g/mol. The highest BCUT2D eigenvalue weighted by atomic mass is 16.6. The molecule has 0 heterocycles. The number of hydrogen-bond donors (Lipinski definition) is 1. The summed E-state index contributed by atoms with van der Waals surface area (Å²) in [6.07, 6.45) is 1.47. The molecule has 1 N–H and O–H groups in total. The molecule has 0 unspecified atom stereocenters. The third-order valence-corrected chi connectivity index (χ3v) is 5.85. The molecule has 1 amide bonds. The summed E-state index contributed by atoms with van der Waals surface area (Å²) in [7, 11) is 1.59. The number of nitrogens with zero attached hydrogens (tertiary/aromatic N) is 2. The summed E-state index contributed by atoms with van der Waals surface area (Å²) in [5.41, 5.74) is 5.18. The third-order valence-electron chi connectivity index (χ3n) is 5.85. The molecule has 4 aromatic carbocycles. The zero-order valence-corrected chi connectivity index (χ0v) is 22.6. The minimum atomic E-state index is -0.529. The standard InChI is InChI=1S/C31H29N3O7/c1-3-39-30-17-23(19-32-33-31(35)25-11-13-26(14-12-25)34(36)37)9-15-28(30)41-21-24-10-16-27(29(18-24)38-2)40-20-22-7-5-4-6-8-22/h4-19H,3,20-21H2,1-2H3,(H,33,35)/b32-19+. The van der Waals surface area contributed by atoms with Gasteiger partial charge in [0.15, 0.2) is 23.0 Å². The van der Waals surface area contributed by atoms with Gasteiger partial charge in [0.2, 0.25) is 0 Å². The molecular formula is C31H29N3O7. The molecule has 0 aliphatic heterocycles. The van der Waals surface area contributed by atoms with E-state index in [2.05, 4.69) is 10.5 Å². The Balaban J connectivity index is 1.37. The first-order chi connectivity index (χ1) is 20.0. The largest absolute Gasteiger partial charge is 0.493 e. The van der Waals surface area contributed by atoms with E-state index in [0.717, 1.165) is 11.1 Å². The van der Waals surface area contributed by atoms with Gasteiger partial charge in [-0.1, -0.05) is 36.4 Å². The van der Waals surface area contributed by atoms with Crippen molar-refractivity contribution in [1.29, 1.82) is 0 Å². The molecule has 0 saturated carbocycles. The van der Waals surface area contributed by atoms with E-state index in [1.807, 2.05) is 55.5 Å². The highest BCUT2D eigenvalue weighted by molar-refractivity contribution is 5.95. The summed E-state index contributed by atoms with van der Waals surface area (Å²) in [6, 6.07) is 26.1. The van der Waals surface area contributed by atoms with Crippen molar-refractivity contribution in [2.24, 2.45) is 5.10 Å². The number of hydrazone groups is 1. The van der Waals surface area contributed by atoms with Crippen LogP contribution in [-0.4, -0.2) is 30.8 Å². The number of nitrogens with one attached hydrogen (secondary N) is 1. The Labute approximate surface area is 237 Å². The van der Waals surface area contributed by atoms with Crippen molar-refractivity contribution < 1.29 is 28.7 Å². The summed E-state index contributed by atoms with van der Waals surface area (Å²) in [5, 5.41) is 14.8. The Bertz CT molecular complexity index is 1510. The van der Waals surface area contributed by atoms with Crippen LogP contribution in [0.2, 0.25) is 0 Å². The molecule has 0 aliphatic carbocycles. The number of carbonyl (C=O) groups excluding carboxylic acids is 1. The highest BCUT2D eigenvalue weighted by Gasteiger charge is 2.11. The predicted octanol–water partition coefficient (Wildman–Crippen LogP) is 5.92. The van der Waals surface area contributed by atoms with Gasteiger partial charge in [-0.2, -0.15) is 5.10 Å². The number of nitro groups is 1. The molecule has 10 nitrogen and oxygen atoms in total. The topological polar surface area (TPSA) is 122 Å². The van der Waals surface area contributed by atoms with Gasteiger partial charge in [-0.15, -0.1) is 0 Å². The van der Waals surface area contributed by atoms with Gasteiger partial charge >= 0.3 is 0 Å². The minimum Gasteiger partial charge on any atom is -0.493 e. The summed E-state index contributed by atoms with van der Waals surface area (Å²) in [6.45, 7) is 3.00. The van der Waals surface area contributed by atoms with Crippen LogP contribution >= 0.6 is 0 Å². The second-order valence-electron chi connectivity index (χ2n) is 8.69. The normalized spacial score (nSPS) is 10.7. The van der Waals surface area contributed by atoms with Crippen molar-refractivity contribution >= 4 is 17.8 Å². The fourth-order valence-electron chi connectivity index (χ4n) is 3.77. The summed E-state index contributed by atoms with van der Waals surface area (Å²) < 4.78 is 23.3. The molecule has 0 bridgehead atoms. The maximum atomic E-state index is 12.3. The number of ether oxygens (including phenoxy) is 4. The lowest BCUT2D eigenvalue weighted by Crippen LogP contribution is -2.17. The van der Waals surface area contributed by atoms with E-state index < -0.39 is 10.8 Å². The van der Waals surface area contributed by atoms with Crippen LogP contribution in [0.1, 0.15) is 34.0 Å². The first kappa shape index (κ1) is 28.6. The molecule has 0 saturated heterocycles. The van der Waals surface area contributed by atoms with Gasteiger partial charge < -0.3 is 18.9 Å². The Morgan fingerprint density at radius 1 is 0.829 bits per heavy atom. The number of methoxy groups -OCH3 is 1. The van der Waals surface area contributed by atoms with E-state index in [-0.39, 0.29) is 17.9 Å². The van der Waals surface area contributed by atoms with Crippen LogP contribution in [0.4, 0.5) is 5.69 Å². The number of amides is 1. The predicted molar refractivity (Wildman–Crippen MR) is 154 cm³/mol. The molecule has 4 rings (SSSR count). The Morgan fingerprint density at radius 3 is 2.20 bits per heavy atom. The maximum absolute atomic E-state index is 12.3. The van der Waals surface area contributed by atoms with Crippen molar-refractivity contribution in [1.82, 2.24) is 5.43 Å². The fourth-order valence-corrected chi connectivity index (χ4v) is 3.77. The Morgan fingerprint density at radius 2 is 1.51 bits per heavy atom. The first-order valence-corrected chi connectivity index (χ1v) is 12.8. The molecule has 4 aromatic rings.